The van der Waals surface area contributed by atoms with Gasteiger partial charge in [0.15, 0.2) is 5.82 Å². The summed E-state index contributed by atoms with van der Waals surface area (Å²) in [6, 6.07) is 5.99. The molecule has 1 aliphatic rings. The van der Waals surface area contributed by atoms with Gasteiger partial charge in [-0.3, -0.25) is 4.79 Å². The number of nitrogens with zero attached hydrogens (tertiary/aromatic N) is 2. The molecule has 0 saturated carbocycles. The first kappa shape index (κ1) is 15.6. The maximum Gasteiger partial charge on any atom is 0.222 e. The molecular weight excluding hydrogens is 290 g/mol. The van der Waals surface area contributed by atoms with E-state index in [1.807, 2.05) is 18.2 Å². The van der Waals surface area contributed by atoms with Crippen LogP contribution in [0.15, 0.2) is 18.2 Å². The lowest BCUT2D eigenvalue weighted by atomic mass is 9.90. The summed E-state index contributed by atoms with van der Waals surface area (Å²) in [5.74, 6) is 0.467. The third-order valence-electron chi connectivity index (χ3n) is 4.06. The van der Waals surface area contributed by atoms with Gasteiger partial charge in [0, 0.05) is 12.5 Å². The lowest BCUT2D eigenvalue weighted by Gasteiger charge is -2.21. The Hall–Kier alpha value is -2.27. The number of aliphatic hydroxyl groups is 1. The minimum Gasteiger partial charge on any atom is -0.392 e. The molecule has 5 heteroatoms. The number of hydrogen-bond acceptors (Lipinski definition) is 4. The Bertz CT molecular complexity index is 756. The first-order chi connectivity index (χ1) is 11.1. The van der Waals surface area contributed by atoms with Gasteiger partial charge in [0.05, 0.1) is 23.7 Å². The summed E-state index contributed by atoms with van der Waals surface area (Å²) in [6.45, 7) is 3.62. The average Bonchev–Trinajstić information content (AvgIpc) is 2.54. The largest absolute Gasteiger partial charge is 0.392 e. The van der Waals surface area contributed by atoms with Crippen molar-refractivity contribution < 1.29 is 9.90 Å². The highest BCUT2D eigenvalue weighted by molar-refractivity contribution is 5.88. The number of fused-ring (bicyclic) bond motifs is 3. The molecule has 1 aromatic heterocycles. The Kier molecular flexibility index (Phi) is 4.39. The Balaban J connectivity index is 2.10. The Morgan fingerprint density at radius 1 is 1.30 bits per heavy atom. The fourth-order valence-corrected chi connectivity index (χ4v) is 3.01. The molecule has 5 nitrogen and oxygen atoms in total. The molecule has 0 bridgehead atoms. The van der Waals surface area contributed by atoms with Crippen molar-refractivity contribution in [3.05, 3.63) is 40.7 Å². The van der Waals surface area contributed by atoms with Crippen molar-refractivity contribution in [2.24, 2.45) is 0 Å². The van der Waals surface area contributed by atoms with Crippen LogP contribution in [0.1, 0.15) is 42.8 Å². The molecule has 120 valence electrons. The minimum atomic E-state index is -0.125. The van der Waals surface area contributed by atoms with Gasteiger partial charge >= 0.3 is 0 Å². The second kappa shape index (κ2) is 6.46. The number of benzene rings is 1. The van der Waals surface area contributed by atoms with E-state index in [9.17, 15) is 9.90 Å². The van der Waals surface area contributed by atoms with Crippen molar-refractivity contribution in [2.75, 3.05) is 5.32 Å². The quantitative estimate of drug-likeness (QED) is 0.910. The molecule has 23 heavy (non-hydrogen) atoms. The molecule has 0 aliphatic heterocycles. The van der Waals surface area contributed by atoms with Crippen LogP contribution in [0, 0.1) is 0 Å². The number of aliphatic hydroxyl groups excluding tert-OH is 1. The van der Waals surface area contributed by atoms with Gasteiger partial charge in [-0.25, -0.2) is 9.97 Å². The van der Waals surface area contributed by atoms with Gasteiger partial charge in [-0.05, 0) is 30.4 Å². The second-order valence-electron chi connectivity index (χ2n) is 5.90. The summed E-state index contributed by atoms with van der Waals surface area (Å²) in [7, 11) is 0. The van der Waals surface area contributed by atoms with Crippen LogP contribution in [0.4, 0.5) is 5.82 Å². The molecule has 0 radical (unpaired) electrons. The van der Waals surface area contributed by atoms with Gasteiger partial charge in [-0.15, -0.1) is 0 Å². The van der Waals surface area contributed by atoms with E-state index in [0.717, 1.165) is 53.9 Å². The van der Waals surface area contributed by atoms with E-state index >= 15 is 0 Å². The second-order valence-corrected chi connectivity index (χ2v) is 5.90. The summed E-state index contributed by atoms with van der Waals surface area (Å²) in [5.41, 5.74) is 5.88. The van der Waals surface area contributed by atoms with Crippen molar-refractivity contribution in [1.82, 2.24) is 9.97 Å². The zero-order valence-electron chi connectivity index (χ0n) is 13.5. The topological polar surface area (TPSA) is 75.1 Å². The number of hydrogen-bond donors (Lipinski definition) is 2. The number of aryl methyl sites for hydroxylation is 3. The number of aromatic nitrogens is 2. The molecule has 0 saturated heterocycles. The Labute approximate surface area is 135 Å². The van der Waals surface area contributed by atoms with Crippen LogP contribution in [0.2, 0.25) is 0 Å². The van der Waals surface area contributed by atoms with Crippen molar-refractivity contribution in [3.63, 3.8) is 0 Å². The van der Waals surface area contributed by atoms with Crippen LogP contribution in [-0.2, 0) is 30.7 Å². The van der Waals surface area contributed by atoms with Crippen molar-refractivity contribution >= 4 is 11.7 Å². The van der Waals surface area contributed by atoms with E-state index < -0.39 is 0 Å². The molecular formula is C18H21N3O2. The van der Waals surface area contributed by atoms with Crippen LogP contribution < -0.4 is 5.32 Å². The van der Waals surface area contributed by atoms with Crippen LogP contribution in [0.5, 0.6) is 0 Å². The molecule has 0 spiro atoms. The number of carbonyl (C=O) groups is 1. The molecule has 1 aliphatic carbocycles. The molecule has 0 unspecified atom stereocenters. The van der Waals surface area contributed by atoms with Crippen LogP contribution >= 0.6 is 0 Å². The number of amides is 1. The molecule has 0 atom stereocenters. The van der Waals surface area contributed by atoms with Gasteiger partial charge in [0.2, 0.25) is 5.91 Å². The third-order valence-corrected chi connectivity index (χ3v) is 4.06. The van der Waals surface area contributed by atoms with Gasteiger partial charge in [0.25, 0.3) is 0 Å². The zero-order chi connectivity index (χ0) is 16.4. The predicted molar refractivity (Wildman–Crippen MR) is 89.1 cm³/mol. The van der Waals surface area contributed by atoms with Crippen molar-refractivity contribution in [1.29, 1.82) is 0 Å². The number of anilines is 1. The summed E-state index contributed by atoms with van der Waals surface area (Å²) in [4.78, 5) is 20.9. The van der Waals surface area contributed by atoms with E-state index in [4.69, 9.17) is 4.98 Å². The molecule has 2 N–H and O–H groups in total. The Morgan fingerprint density at radius 2 is 2.13 bits per heavy atom. The van der Waals surface area contributed by atoms with Crippen LogP contribution in [-0.4, -0.2) is 21.0 Å². The third kappa shape index (κ3) is 3.10. The first-order valence-electron chi connectivity index (χ1n) is 8.02. The fraction of sp³-hybridized carbons (Fsp3) is 0.389. The highest BCUT2D eigenvalue weighted by atomic mass is 16.3. The molecule has 3 rings (SSSR count). The van der Waals surface area contributed by atoms with E-state index in [-0.39, 0.29) is 12.5 Å². The summed E-state index contributed by atoms with van der Waals surface area (Å²) in [6.07, 6.45) is 3.39. The minimum absolute atomic E-state index is 0.0500. The molecule has 2 aromatic rings. The van der Waals surface area contributed by atoms with Crippen molar-refractivity contribution in [3.8, 4) is 11.3 Å². The van der Waals surface area contributed by atoms with Crippen LogP contribution in [0.3, 0.4) is 0 Å². The summed E-state index contributed by atoms with van der Waals surface area (Å²) < 4.78 is 0. The highest BCUT2D eigenvalue weighted by Crippen LogP contribution is 2.33. The summed E-state index contributed by atoms with van der Waals surface area (Å²) in [5, 5.41) is 12.1. The predicted octanol–water partition coefficient (Wildman–Crippen LogP) is 2.65. The lowest BCUT2D eigenvalue weighted by Crippen LogP contribution is -2.16. The first-order valence-corrected chi connectivity index (χ1v) is 8.02. The van der Waals surface area contributed by atoms with E-state index in [1.165, 1.54) is 12.5 Å². The van der Waals surface area contributed by atoms with Gasteiger partial charge < -0.3 is 10.4 Å². The number of rotatable bonds is 4. The maximum atomic E-state index is 11.4. The molecule has 0 fully saturated rings. The zero-order valence-corrected chi connectivity index (χ0v) is 13.5. The normalized spacial score (nSPS) is 12.5. The van der Waals surface area contributed by atoms with Crippen molar-refractivity contribution in [2.45, 2.75) is 46.1 Å². The molecule has 1 aromatic carbocycles. The fourth-order valence-electron chi connectivity index (χ4n) is 3.01. The van der Waals surface area contributed by atoms with E-state index in [0.29, 0.717) is 5.82 Å². The monoisotopic (exact) mass is 311 g/mol. The summed E-state index contributed by atoms with van der Waals surface area (Å²) >= 11 is 0. The highest BCUT2D eigenvalue weighted by Gasteiger charge is 2.22. The Morgan fingerprint density at radius 3 is 2.83 bits per heavy atom. The van der Waals surface area contributed by atoms with Gasteiger partial charge in [0.1, 0.15) is 0 Å². The van der Waals surface area contributed by atoms with E-state index in [2.05, 4.69) is 17.2 Å². The molecule has 1 heterocycles. The van der Waals surface area contributed by atoms with E-state index in [1.54, 1.807) is 0 Å². The van der Waals surface area contributed by atoms with Gasteiger partial charge in [-0.1, -0.05) is 31.5 Å². The number of nitrogens with one attached hydrogen (secondary N) is 1. The molecule has 1 amide bonds. The smallest absolute Gasteiger partial charge is 0.222 e. The SMILES string of the molecule is CCCc1nc2c(nc1NC(C)=O)CCc1cc(CO)ccc1-2. The van der Waals surface area contributed by atoms with Gasteiger partial charge in [-0.2, -0.15) is 0 Å². The number of carbonyl (C=O) groups excluding carboxylic acids is 1. The maximum absolute atomic E-state index is 11.4. The van der Waals surface area contributed by atoms with Crippen LogP contribution in [0.25, 0.3) is 11.3 Å². The standard InChI is InChI=1S/C18H21N3O2/c1-3-4-16-18(19-11(2)23)21-15-8-6-13-9-12(10-22)5-7-14(13)17(15)20-16/h5,7,9,22H,3-4,6,8,10H2,1-2H3,(H,19,21,23). The average molecular weight is 311 g/mol. The lowest BCUT2D eigenvalue weighted by molar-refractivity contribution is -0.114.